The van der Waals surface area contributed by atoms with Crippen LogP contribution in [-0.4, -0.2) is 85.0 Å². The predicted molar refractivity (Wildman–Crippen MR) is 134 cm³/mol. The van der Waals surface area contributed by atoms with Gasteiger partial charge >= 0.3 is 0 Å². The summed E-state index contributed by atoms with van der Waals surface area (Å²) in [7, 11) is 2.19. The van der Waals surface area contributed by atoms with Gasteiger partial charge in [0.2, 0.25) is 5.91 Å². The summed E-state index contributed by atoms with van der Waals surface area (Å²) in [4.78, 5) is 24.3. The van der Waals surface area contributed by atoms with Crippen molar-refractivity contribution in [3.8, 4) is 10.6 Å². The molecule has 1 saturated heterocycles. The van der Waals surface area contributed by atoms with Crippen molar-refractivity contribution < 1.29 is 4.79 Å². The molecule has 0 spiro atoms. The van der Waals surface area contributed by atoms with Crippen LogP contribution in [0.4, 0.5) is 0 Å². The summed E-state index contributed by atoms with van der Waals surface area (Å²) >= 11 is 1.61. The first kappa shape index (κ1) is 24.8. The lowest BCUT2D eigenvalue weighted by molar-refractivity contribution is -0.120. The predicted octanol–water partition coefficient (Wildman–Crippen LogP) is 3.34. The van der Waals surface area contributed by atoms with Crippen molar-refractivity contribution in [2.45, 2.75) is 39.7 Å². The van der Waals surface area contributed by atoms with Crippen LogP contribution in [0, 0.1) is 0 Å². The van der Waals surface area contributed by atoms with E-state index in [2.05, 4.69) is 65.2 Å². The number of hydrogen-bond acceptors (Lipinski definition) is 6. The van der Waals surface area contributed by atoms with Crippen LogP contribution in [0.1, 0.15) is 37.9 Å². The zero-order chi connectivity index (χ0) is 22.8. The lowest BCUT2D eigenvalue weighted by atomic mass is 10.1. The Morgan fingerprint density at radius 1 is 1.09 bits per heavy atom. The highest BCUT2D eigenvalue weighted by Crippen LogP contribution is 2.24. The van der Waals surface area contributed by atoms with Crippen LogP contribution in [0.15, 0.2) is 29.6 Å². The van der Waals surface area contributed by atoms with Crippen LogP contribution in [0.5, 0.6) is 0 Å². The number of unbranched alkanes of at least 4 members (excludes halogenated alkanes) is 1. The summed E-state index contributed by atoms with van der Waals surface area (Å²) in [5, 5.41) is 6.03. The summed E-state index contributed by atoms with van der Waals surface area (Å²) in [6.07, 6.45) is 2.49. The fourth-order valence-electron chi connectivity index (χ4n) is 3.99. The van der Waals surface area contributed by atoms with Crippen molar-refractivity contribution in [3.05, 3.63) is 40.9 Å². The van der Waals surface area contributed by atoms with Crippen molar-refractivity contribution in [3.63, 3.8) is 0 Å². The normalized spacial score (nSPS) is 15.4. The van der Waals surface area contributed by atoms with Crippen molar-refractivity contribution in [1.82, 2.24) is 25.0 Å². The molecule has 1 aromatic heterocycles. The fourth-order valence-corrected chi connectivity index (χ4v) is 4.82. The molecule has 1 aliphatic rings. The van der Waals surface area contributed by atoms with E-state index >= 15 is 0 Å². The molecule has 7 heteroatoms. The molecule has 0 bridgehead atoms. The highest BCUT2D eigenvalue weighted by Gasteiger charge is 2.14. The third kappa shape index (κ3) is 7.96. The molecular formula is C25H39N5OS. The van der Waals surface area contributed by atoms with Gasteiger partial charge in [0.25, 0.3) is 0 Å². The van der Waals surface area contributed by atoms with Gasteiger partial charge in [-0.25, -0.2) is 4.98 Å². The first-order chi connectivity index (χ1) is 15.6. The second-order valence-corrected chi connectivity index (χ2v) is 9.54. The maximum absolute atomic E-state index is 12.3. The Kier molecular flexibility index (Phi) is 10.1. The Balaban J connectivity index is 1.40. The van der Waals surface area contributed by atoms with Gasteiger partial charge < -0.3 is 15.1 Å². The summed E-state index contributed by atoms with van der Waals surface area (Å²) in [6.45, 7) is 14.0. The molecule has 0 saturated carbocycles. The van der Waals surface area contributed by atoms with Gasteiger partial charge in [-0.05, 0) is 45.1 Å². The number of rotatable bonds is 12. The van der Waals surface area contributed by atoms with Gasteiger partial charge in [0.05, 0.1) is 12.1 Å². The minimum atomic E-state index is 0.0622. The standard InChI is InChI=1S/C25H39N5OS/c1-4-29(5-2)13-7-6-12-26-24(31)18-23-20-32-25(27-23)22-10-8-21(9-11-22)19-30-16-14-28(3)15-17-30/h8-11,20H,4-7,12-19H2,1-3H3,(H,26,31). The van der Waals surface area contributed by atoms with Crippen molar-refractivity contribution in [1.29, 1.82) is 0 Å². The Bertz CT molecular complexity index is 810. The van der Waals surface area contributed by atoms with E-state index in [-0.39, 0.29) is 5.91 Å². The quantitative estimate of drug-likeness (QED) is 0.496. The van der Waals surface area contributed by atoms with Gasteiger partial charge in [0, 0.05) is 50.2 Å². The average Bonchev–Trinajstić information content (AvgIpc) is 3.26. The van der Waals surface area contributed by atoms with E-state index in [1.807, 2.05) is 5.38 Å². The monoisotopic (exact) mass is 457 g/mol. The Morgan fingerprint density at radius 2 is 1.81 bits per heavy atom. The highest BCUT2D eigenvalue weighted by atomic mass is 32.1. The second kappa shape index (κ2) is 13.0. The van der Waals surface area contributed by atoms with Gasteiger partial charge in [-0.2, -0.15) is 0 Å². The largest absolute Gasteiger partial charge is 0.356 e. The second-order valence-electron chi connectivity index (χ2n) is 8.68. The molecule has 1 aromatic carbocycles. The molecule has 1 fully saturated rings. The zero-order valence-electron chi connectivity index (χ0n) is 20.0. The molecule has 2 aromatic rings. The SMILES string of the molecule is CCN(CC)CCCCNC(=O)Cc1csc(-c2ccc(CN3CCN(C)CC3)cc2)n1. The van der Waals surface area contributed by atoms with Gasteiger partial charge in [0.1, 0.15) is 5.01 Å². The number of nitrogens with one attached hydrogen (secondary N) is 1. The molecule has 6 nitrogen and oxygen atoms in total. The van der Waals surface area contributed by atoms with Gasteiger partial charge in [-0.1, -0.05) is 38.1 Å². The van der Waals surface area contributed by atoms with Crippen LogP contribution in [0.3, 0.4) is 0 Å². The molecule has 32 heavy (non-hydrogen) atoms. The van der Waals surface area contributed by atoms with Crippen molar-refractivity contribution in [2.75, 3.05) is 59.4 Å². The van der Waals surface area contributed by atoms with E-state index in [0.29, 0.717) is 6.42 Å². The van der Waals surface area contributed by atoms with Crippen LogP contribution in [-0.2, 0) is 17.8 Å². The number of aromatic nitrogens is 1. The third-order valence-electron chi connectivity index (χ3n) is 6.21. The van der Waals surface area contributed by atoms with E-state index in [1.54, 1.807) is 11.3 Å². The van der Waals surface area contributed by atoms with E-state index in [1.165, 1.54) is 5.56 Å². The first-order valence-electron chi connectivity index (χ1n) is 12.0. The minimum Gasteiger partial charge on any atom is -0.356 e. The minimum absolute atomic E-state index is 0.0622. The van der Waals surface area contributed by atoms with Crippen LogP contribution < -0.4 is 5.32 Å². The molecule has 0 radical (unpaired) electrons. The fraction of sp³-hybridized carbons (Fsp3) is 0.600. The lowest BCUT2D eigenvalue weighted by Gasteiger charge is -2.32. The summed E-state index contributed by atoms with van der Waals surface area (Å²) in [5.74, 6) is 0.0622. The van der Waals surface area contributed by atoms with Gasteiger partial charge in [-0.15, -0.1) is 11.3 Å². The van der Waals surface area contributed by atoms with Gasteiger partial charge in [0.15, 0.2) is 0 Å². The van der Waals surface area contributed by atoms with Crippen LogP contribution >= 0.6 is 11.3 Å². The number of likely N-dealkylation sites (N-methyl/N-ethyl adjacent to an activating group) is 1. The Hall–Kier alpha value is -1.80. The number of carbonyl (C=O) groups is 1. The number of amides is 1. The number of thiazole rings is 1. The molecule has 1 amide bonds. The van der Waals surface area contributed by atoms with E-state index in [9.17, 15) is 4.79 Å². The summed E-state index contributed by atoms with van der Waals surface area (Å²) < 4.78 is 0. The summed E-state index contributed by atoms with van der Waals surface area (Å²) in [5.41, 5.74) is 3.32. The number of hydrogen-bond donors (Lipinski definition) is 1. The number of carbonyl (C=O) groups excluding carboxylic acids is 1. The van der Waals surface area contributed by atoms with Crippen LogP contribution in [0.25, 0.3) is 10.6 Å². The maximum Gasteiger partial charge on any atom is 0.226 e. The number of benzene rings is 1. The van der Waals surface area contributed by atoms with Gasteiger partial charge in [-0.3, -0.25) is 9.69 Å². The Labute approximate surface area is 197 Å². The van der Waals surface area contributed by atoms with E-state index in [0.717, 1.165) is 88.0 Å². The van der Waals surface area contributed by atoms with Crippen molar-refractivity contribution in [2.24, 2.45) is 0 Å². The Morgan fingerprint density at radius 3 is 2.50 bits per heavy atom. The molecule has 3 rings (SSSR count). The molecule has 176 valence electrons. The summed E-state index contributed by atoms with van der Waals surface area (Å²) in [6, 6.07) is 8.73. The third-order valence-corrected chi connectivity index (χ3v) is 7.15. The zero-order valence-corrected chi connectivity index (χ0v) is 20.8. The number of nitrogens with zero attached hydrogens (tertiary/aromatic N) is 4. The molecular weight excluding hydrogens is 418 g/mol. The van der Waals surface area contributed by atoms with Crippen molar-refractivity contribution >= 4 is 17.2 Å². The molecule has 0 aliphatic carbocycles. The molecule has 0 atom stereocenters. The molecule has 1 aliphatic heterocycles. The highest BCUT2D eigenvalue weighted by molar-refractivity contribution is 7.13. The van der Waals surface area contributed by atoms with Crippen LogP contribution in [0.2, 0.25) is 0 Å². The lowest BCUT2D eigenvalue weighted by Crippen LogP contribution is -2.43. The first-order valence-corrected chi connectivity index (χ1v) is 12.9. The number of piperazine rings is 1. The average molecular weight is 458 g/mol. The van der Waals surface area contributed by atoms with E-state index in [4.69, 9.17) is 4.98 Å². The molecule has 0 unspecified atom stereocenters. The smallest absolute Gasteiger partial charge is 0.226 e. The van der Waals surface area contributed by atoms with E-state index < -0.39 is 0 Å². The maximum atomic E-state index is 12.3. The molecule has 1 N–H and O–H groups in total. The molecule has 2 heterocycles. The topological polar surface area (TPSA) is 51.7 Å².